The van der Waals surface area contributed by atoms with E-state index >= 15 is 0 Å². The third kappa shape index (κ3) is 21.7. The number of ether oxygens (including phenoxy) is 1. The molecule has 0 aliphatic rings. The SMILES string of the molecule is CCCCCCCCCCCCCCCCCCNC(=O)OCC(CNS(=O)(=O)CCC[n+]1cccc2ccccc21)CC(C)=O.[I-]. The highest BCUT2D eigenvalue weighted by Crippen LogP contribution is 2.14. The first kappa shape index (κ1) is 43.2. The van der Waals surface area contributed by atoms with Crippen LogP contribution in [-0.4, -0.2) is 45.7 Å². The summed E-state index contributed by atoms with van der Waals surface area (Å²) in [6, 6.07) is 12.0. The minimum Gasteiger partial charge on any atom is -1.00 e. The molecule has 0 bridgehead atoms. The van der Waals surface area contributed by atoms with Gasteiger partial charge in [0.05, 0.1) is 12.4 Å². The van der Waals surface area contributed by atoms with Crippen molar-refractivity contribution in [2.24, 2.45) is 5.92 Å². The summed E-state index contributed by atoms with van der Waals surface area (Å²) in [6.07, 6.45) is 22.8. The van der Waals surface area contributed by atoms with Crippen LogP contribution in [0.2, 0.25) is 0 Å². The van der Waals surface area contributed by atoms with Gasteiger partial charge in [0.25, 0.3) is 0 Å². The second kappa shape index (κ2) is 27.1. The van der Waals surface area contributed by atoms with Crippen LogP contribution >= 0.6 is 0 Å². The highest BCUT2D eigenvalue weighted by atomic mass is 127. The Morgan fingerprint density at radius 2 is 1.34 bits per heavy atom. The summed E-state index contributed by atoms with van der Waals surface area (Å²) in [5, 5.41) is 3.89. The number of alkyl carbamates (subject to hydrolysis) is 1. The standard InChI is InChI=1S/C37H61N3O5S.HI/c1-3-4-5-6-7-8-9-10-11-12-13-14-15-16-17-20-26-38-37(42)45-32-34(30-33(2)41)31-39-46(43,44)29-22-28-40-27-21-24-35-23-18-19-25-36(35)40;/h18-19,21,23-25,27,34,39H,3-17,20,22,26,28-32H2,1-2H3;1H. The number of unbranched alkanes of at least 4 members (excludes halogenated alkanes) is 15. The molecule has 0 saturated carbocycles. The minimum absolute atomic E-state index is 0. The number of Topliss-reactive ketones (excluding diaryl/α,β-unsaturated/α-hetero) is 1. The molecule has 2 aromatic rings. The fraction of sp³-hybridized carbons (Fsp3) is 0.703. The van der Waals surface area contributed by atoms with Crippen molar-refractivity contribution in [3.8, 4) is 0 Å². The van der Waals surface area contributed by atoms with Crippen molar-refractivity contribution >= 4 is 32.8 Å². The zero-order chi connectivity index (χ0) is 33.3. The van der Waals surface area contributed by atoms with Crippen LogP contribution in [0.4, 0.5) is 4.79 Å². The smallest absolute Gasteiger partial charge is 0.407 e. The first-order valence-corrected chi connectivity index (χ1v) is 19.7. The van der Waals surface area contributed by atoms with Crippen molar-refractivity contribution < 1.29 is 51.3 Å². The highest BCUT2D eigenvalue weighted by molar-refractivity contribution is 7.89. The van der Waals surface area contributed by atoms with E-state index in [-0.39, 0.29) is 55.1 Å². The molecule has 2 N–H and O–H groups in total. The van der Waals surface area contributed by atoms with E-state index in [1.165, 1.54) is 96.8 Å². The largest absolute Gasteiger partial charge is 1.00 e. The van der Waals surface area contributed by atoms with Crippen molar-refractivity contribution in [1.82, 2.24) is 10.0 Å². The molecule has 1 amide bonds. The van der Waals surface area contributed by atoms with Gasteiger partial charge in [-0.1, -0.05) is 115 Å². The normalized spacial score (nSPS) is 12.0. The molecule has 0 spiro atoms. The first-order chi connectivity index (χ1) is 22.3. The average Bonchev–Trinajstić information content (AvgIpc) is 3.03. The van der Waals surface area contributed by atoms with Gasteiger partial charge in [0.1, 0.15) is 12.3 Å². The van der Waals surface area contributed by atoms with Gasteiger partial charge in [0.15, 0.2) is 6.20 Å². The Hall–Kier alpha value is -1.79. The number of sulfonamides is 1. The molecule has 0 radical (unpaired) electrons. The molecule has 268 valence electrons. The molecule has 2 rings (SSSR count). The van der Waals surface area contributed by atoms with E-state index in [4.69, 9.17) is 4.74 Å². The van der Waals surface area contributed by atoms with Gasteiger partial charge in [-0.2, -0.15) is 4.57 Å². The number of rotatable bonds is 28. The summed E-state index contributed by atoms with van der Waals surface area (Å²) in [5.74, 6) is -0.522. The lowest BCUT2D eigenvalue weighted by Gasteiger charge is -2.17. The van der Waals surface area contributed by atoms with E-state index in [0.29, 0.717) is 19.5 Å². The number of amides is 1. The van der Waals surface area contributed by atoms with Gasteiger partial charge < -0.3 is 38.8 Å². The van der Waals surface area contributed by atoms with Gasteiger partial charge in [-0.3, -0.25) is 0 Å². The second-order valence-corrected chi connectivity index (χ2v) is 14.8. The van der Waals surface area contributed by atoms with Crippen LogP contribution in [-0.2, 0) is 26.1 Å². The number of nitrogens with one attached hydrogen (secondary N) is 2. The average molecular weight is 788 g/mol. The Morgan fingerprint density at radius 1 is 0.787 bits per heavy atom. The van der Waals surface area contributed by atoms with E-state index in [1.807, 2.05) is 42.6 Å². The summed E-state index contributed by atoms with van der Waals surface area (Å²) in [4.78, 5) is 24.0. The van der Waals surface area contributed by atoms with Crippen molar-refractivity contribution in [3.05, 3.63) is 42.6 Å². The van der Waals surface area contributed by atoms with Crippen LogP contribution in [0, 0.1) is 5.92 Å². The minimum atomic E-state index is -3.54. The van der Waals surface area contributed by atoms with E-state index in [0.717, 1.165) is 23.7 Å². The number of hydrogen-bond acceptors (Lipinski definition) is 5. The summed E-state index contributed by atoms with van der Waals surface area (Å²) in [7, 11) is -3.54. The van der Waals surface area contributed by atoms with Crippen molar-refractivity contribution in [2.45, 2.75) is 136 Å². The van der Waals surface area contributed by atoms with Gasteiger partial charge in [-0.15, -0.1) is 0 Å². The van der Waals surface area contributed by atoms with Crippen molar-refractivity contribution in [2.75, 3.05) is 25.4 Å². The summed E-state index contributed by atoms with van der Waals surface area (Å²) < 4.78 is 35.3. The Bertz CT molecular complexity index is 1220. The molecule has 8 nitrogen and oxygen atoms in total. The quantitative estimate of drug-likeness (QED) is 0.0717. The fourth-order valence-electron chi connectivity index (χ4n) is 5.86. The number of nitrogens with zero attached hydrogens (tertiary/aromatic N) is 1. The maximum absolute atomic E-state index is 12.7. The molecule has 0 saturated heterocycles. The molecule has 0 fully saturated rings. The number of hydrogen-bond donors (Lipinski definition) is 2. The Balaban J connectivity index is 0.0000110. The molecular weight excluding hydrogens is 725 g/mol. The number of ketones is 1. The van der Waals surface area contributed by atoms with Crippen LogP contribution in [0.1, 0.15) is 129 Å². The maximum atomic E-state index is 12.7. The zero-order valence-corrected chi connectivity index (χ0v) is 32.1. The number of para-hydroxylation sites is 1. The Labute approximate surface area is 302 Å². The molecule has 0 aliphatic carbocycles. The predicted octanol–water partition coefficient (Wildman–Crippen LogP) is 5.02. The Morgan fingerprint density at radius 3 is 1.94 bits per heavy atom. The zero-order valence-electron chi connectivity index (χ0n) is 29.2. The third-order valence-corrected chi connectivity index (χ3v) is 9.95. The fourth-order valence-corrected chi connectivity index (χ4v) is 7.01. The molecule has 10 heteroatoms. The number of fused-ring (bicyclic) bond motifs is 1. The lowest BCUT2D eigenvalue weighted by Crippen LogP contribution is -3.00. The topological polar surface area (TPSA) is 105 Å². The van der Waals surface area contributed by atoms with Gasteiger partial charge in [0.2, 0.25) is 15.5 Å². The number of pyridine rings is 1. The van der Waals surface area contributed by atoms with Crippen molar-refractivity contribution in [3.63, 3.8) is 0 Å². The van der Waals surface area contributed by atoms with Crippen molar-refractivity contribution in [1.29, 1.82) is 0 Å². The monoisotopic (exact) mass is 787 g/mol. The van der Waals surface area contributed by atoms with Crippen LogP contribution < -0.4 is 38.6 Å². The van der Waals surface area contributed by atoms with Crippen LogP contribution in [0.25, 0.3) is 10.9 Å². The number of carbonyl (C=O) groups excluding carboxylic acids is 2. The lowest BCUT2D eigenvalue weighted by atomic mass is 10.0. The number of halogens is 1. The van der Waals surface area contributed by atoms with E-state index in [2.05, 4.69) is 21.5 Å². The van der Waals surface area contributed by atoms with Crippen LogP contribution in [0.5, 0.6) is 0 Å². The number of aryl methyl sites for hydroxylation is 1. The summed E-state index contributed by atoms with van der Waals surface area (Å²) >= 11 is 0. The lowest BCUT2D eigenvalue weighted by molar-refractivity contribution is -0.671. The molecule has 1 unspecified atom stereocenters. The second-order valence-electron chi connectivity index (χ2n) is 12.9. The highest BCUT2D eigenvalue weighted by Gasteiger charge is 2.19. The van der Waals surface area contributed by atoms with Gasteiger partial charge in [0, 0.05) is 49.4 Å². The molecular formula is C37H62IN3O5S. The van der Waals surface area contributed by atoms with Gasteiger partial charge >= 0.3 is 6.09 Å². The Kier molecular flexibility index (Phi) is 24.9. The molecule has 0 aliphatic heterocycles. The maximum Gasteiger partial charge on any atom is 0.407 e. The number of benzene rings is 1. The van der Waals surface area contributed by atoms with E-state index in [1.54, 1.807) is 0 Å². The van der Waals surface area contributed by atoms with Crippen LogP contribution in [0.3, 0.4) is 0 Å². The summed E-state index contributed by atoms with van der Waals surface area (Å²) in [6.45, 7) is 4.88. The molecule has 1 aromatic heterocycles. The van der Waals surface area contributed by atoms with Gasteiger partial charge in [-0.05, 0) is 25.5 Å². The molecule has 1 aromatic carbocycles. The molecule has 47 heavy (non-hydrogen) atoms. The molecule has 1 atom stereocenters. The van der Waals surface area contributed by atoms with E-state index < -0.39 is 22.0 Å². The number of carbonyl (C=O) groups is 2. The van der Waals surface area contributed by atoms with Crippen LogP contribution in [0.15, 0.2) is 42.6 Å². The predicted molar refractivity (Wildman–Crippen MR) is 188 cm³/mol. The van der Waals surface area contributed by atoms with Gasteiger partial charge in [-0.25, -0.2) is 17.9 Å². The summed E-state index contributed by atoms with van der Waals surface area (Å²) in [5.41, 5.74) is 1.06. The third-order valence-electron chi connectivity index (χ3n) is 8.52. The first-order valence-electron chi connectivity index (χ1n) is 18.1. The molecule has 1 heterocycles. The number of aromatic nitrogens is 1. The van der Waals surface area contributed by atoms with E-state index in [9.17, 15) is 18.0 Å².